The third-order valence-corrected chi connectivity index (χ3v) is 6.34. The molecule has 0 amide bonds. The second-order valence-corrected chi connectivity index (χ2v) is 9.80. The number of hydrogen-bond donors (Lipinski definition) is 0. The van der Waals surface area contributed by atoms with Crippen LogP contribution < -0.4 is 0 Å². The maximum Gasteiger partial charge on any atom is 0.202 e. The fourth-order valence-electron chi connectivity index (χ4n) is 4.72. The van der Waals surface area contributed by atoms with E-state index >= 15 is 0 Å². The summed E-state index contributed by atoms with van der Waals surface area (Å²) in [6.07, 6.45) is 0. The van der Waals surface area contributed by atoms with Gasteiger partial charge in [-0.05, 0) is 75.1 Å². The average molecular weight is 423 g/mol. The van der Waals surface area contributed by atoms with E-state index < -0.39 is 0 Å². The van der Waals surface area contributed by atoms with Gasteiger partial charge in [0.2, 0.25) is 5.69 Å². The average Bonchev–Trinajstić information content (AvgIpc) is 2.77. The molecule has 0 saturated heterocycles. The first-order valence-electron chi connectivity index (χ1n) is 11.8. The summed E-state index contributed by atoms with van der Waals surface area (Å²) in [5, 5.41) is 0. The van der Waals surface area contributed by atoms with Crippen LogP contribution in [0.4, 0.5) is 5.69 Å². The number of hydrogen-bond acceptors (Lipinski definition) is 0. The summed E-state index contributed by atoms with van der Waals surface area (Å²) >= 11 is 0. The van der Waals surface area contributed by atoms with Crippen LogP contribution >= 0.6 is 0 Å². The lowest BCUT2D eigenvalue weighted by atomic mass is 9.81. The van der Waals surface area contributed by atoms with Gasteiger partial charge in [-0.2, -0.15) is 0 Å². The molecule has 0 aliphatic carbocycles. The van der Waals surface area contributed by atoms with Gasteiger partial charge in [-0.1, -0.05) is 103 Å². The van der Waals surface area contributed by atoms with Crippen LogP contribution in [0.15, 0.2) is 54.6 Å². The predicted molar refractivity (Wildman–Crippen MR) is 140 cm³/mol. The quantitative estimate of drug-likeness (QED) is 0.348. The third-order valence-electron chi connectivity index (χ3n) is 6.34. The van der Waals surface area contributed by atoms with E-state index in [2.05, 4.69) is 115 Å². The molecule has 0 fully saturated rings. The molecule has 1 unspecified atom stereocenters. The van der Waals surface area contributed by atoms with E-state index in [9.17, 15) is 0 Å². The molecule has 1 atom stereocenters. The molecule has 32 heavy (non-hydrogen) atoms. The summed E-state index contributed by atoms with van der Waals surface area (Å²) in [7, 11) is 0. The summed E-state index contributed by atoms with van der Waals surface area (Å²) in [6.45, 7) is 28.1. The minimum absolute atomic E-state index is 0.139. The highest BCUT2D eigenvalue weighted by atomic mass is 14.7. The normalized spacial score (nSPS) is 11.6. The Morgan fingerprint density at radius 3 is 1.28 bits per heavy atom. The number of nitrogens with zero attached hydrogens (tertiary/aromatic N) is 1. The molecule has 0 aromatic heterocycles. The van der Waals surface area contributed by atoms with E-state index in [4.69, 9.17) is 6.57 Å². The largest absolute Gasteiger partial charge is 0.237 e. The zero-order valence-electron chi connectivity index (χ0n) is 20.7. The Balaban J connectivity index is 2.45. The molecular formula is C31H36N. The van der Waals surface area contributed by atoms with E-state index in [-0.39, 0.29) is 5.92 Å². The lowest BCUT2D eigenvalue weighted by Crippen LogP contribution is -2.02. The molecular weight excluding hydrogens is 386 g/mol. The van der Waals surface area contributed by atoms with E-state index in [0.29, 0.717) is 17.8 Å². The summed E-state index contributed by atoms with van der Waals surface area (Å²) < 4.78 is 0. The summed E-state index contributed by atoms with van der Waals surface area (Å²) in [5.74, 6) is 1.26. The molecule has 1 heteroatoms. The van der Waals surface area contributed by atoms with Crippen LogP contribution in [0.5, 0.6) is 0 Å². The van der Waals surface area contributed by atoms with Crippen molar-refractivity contribution in [3.63, 3.8) is 0 Å². The van der Waals surface area contributed by atoms with Gasteiger partial charge in [-0.25, -0.2) is 4.85 Å². The van der Waals surface area contributed by atoms with Gasteiger partial charge >= 0.3 is 0 Å². The van der Waals surface area contributed by atoms with Gasteiger partial charge in [0.25, 0.3) is 0 Å². The van der Waals surface area contributed by atoms with Gasteiger partial charge in [0.1, 0.15) is 0 Å². The Morgan fingerprint density at radius 1 is 0.594 bits per heavy atom. The minimum Gasteiger partial charge on any atom is -0.237 e. The topological polar surface area (TPSA) is 4.36 Å². The molecule has 3 aromatic carbocycles. The van der Waals surface area contributed by atoms with E-state index in [1.54, 1.807) is 0 Å². The maximum atomic E-state index is 8.24. The highest BCUT2D eigenvalue weighted by Gasteiger charge is 2.23. The minimum atomic E-state index is 0.139. The molecule has 0 spiro atoms. The van der Waals surface area contributed by atoms with Crippen LogP contribution in [0.3, 0.4) is 0 Å². The first kappa shape index (κ1) is 23.8. The van der Waals surface area contributed by atoms with Gasteiger partial charge in [0.05, 0.1) is 6.57 Å². The molecule has 0 heterocycles. The molecule has 0 bridgehead atoms. The zero-order chi connectivity index (χ0) is 23.6. The van der Waals surface area contributed by atoms with E-state index in [1.807, 2.05) is 0 Å². The van der Waals surface area contributed by atoms with Crippen LogP contribution in [0.1, 0.15) is 94.4 Å². The maximum absolute atomic E-state index is 8.24. The molecule has 165 valence electrons. The van der Waals surface area contributed by atoms with Crippen LogP contribution in [-0.2, 0) is 0 Å². The Morgan fingerprint density at radius 2 is 0.938 bits per heavy atom. The van der Waals surface area contributed by atoms with Crippen LogP contribution in [0, 0.1) is 13.5 Å². The van der Waals surface area contributed by atoms with Crippen molar-refractivity contribution in [3.05, 3.63) is 95.2 Å². The predicted octanol–water partition coefficient (Wildman–Crippen LogP) is 9.88. The van der Waals surface area contributed by atoms with Crippen LogP contribution in [0.2, 0.25) is 0 Å². The lowest BCUT2D eigenvalue weighted by molar-refractivity contribution is 0.838. The number of benzene rings is 3. The van der Waals surface area contributed by atoms with Crippen molar-refractivity contribution in [2.24, 2.45) is 0 Å². The second-order valence-electron chi connectivity index (χ2n) is 9.80. The number of rotatable bonds is 6. The number of para-hydroxylation sites is 1. The zero-order valence-corrected chi connectivity index (χ0v) is 20.7. The highest BCUT2D eigenvalue weighted by molar-refractivity contribution is 5.95. The molecule has 1 nitrogen and oxygen atoms in total. The van der Waals surface area contributed by atoms with Crippen molar-refractivity contribution < 1.29 is 0 Å². The van der Waals surface area contributed by atoms with E-state index in [1.165, 1.54) is 33.4 Å². The first-order valence-corrected chi connectivity index (χ1v) is 11.8. The first-order chi connectivity index (χ1) is 15.2. The Hall–Kier alpha value is -2.85. The molecule has 0 N–H and O–H groups in total. The molecule has 0 aliphatic heterocycles. The van der Waals surface area contributed by atoms with Gasteiger partial charge in [-0.3, -0.25) is 0 Å². The molecule has 1 radical (unpaired) electrons. The second kappa shape index (κ2) is 9.74. The smallest absolute Gasteiger partial charge is 0.202 e. The fraction of sp³-hybridized carbons (Fsp3) is 0.355. The van der Waals surface area contributed by atoms with Crippen molar-refractivity contribution in [3.8, 4) is 22.3 Å². The third kappa shape index (κ3) is 4.37. The van der Waals surface area contributed by atoms with Crippen LogP contribution in [-0.4, -0.2) is 0 Å². The van der Waals surface area contributed by atoms with Gasteiger partial charge in [0.15, 0.2) is 0 Å². The standard InChI is InChI=1S/C31H36N/c1-19(2)23-13-10-14-24(20(3)4)29(23)27-17-12-18-28(31(27)32-9)30-25(21(5)6)15-11-16-26(30)22(7)8/h10-22H,1H2,2-8H3. The molecule has 3 rings (SSSR count). The summed E-state index contributed by atoms with van der Waals surface area (Å²) in [4.78, 5) is 4.15. The van der Waals surface area contributed by atoms with Crippen molar-refractivity contribution >= 4 is 5.69 Å². The van der Waals surface area contributed by atoms with Gasteiger partial charge in [0, 0.05) is 0 Å². The van der Waals surface area contributed by atoms with Crippen molar-refractivity contribution in [1.82, 2.24) is 0 Å². The van der Waals surface area contributed by atoms with Gasteiger partial charge < -0.3 is 0 Å². The van der Waals surface area contributed by atoms with Crippen molar-refractivity contribution in [1.29, 1.82) is 0 Å². The van der Waals surface area contributed by atoms with Crippen molar-refractivity contribution in [2.75, 3.05) is 0 Å². The van der Waals surface area contributed by atoms with Gasteiger partial charge in [-0.15, -0.1) is 0 Å². The Kier molecular flexibility index (Phi) is 7.25. The lowest BCUT2D eigenvalue weighted by Gasteiger charge is -2.24. The molecule has 0 aliphatic rings. The Labute approximate surface area is 195 Å². The SMILES string of the molecule is [C-]#[N+]c1c(-c2c(C([CH2])C)cccc2C(C)C)cccc1-c1c(C(C)C)cccc1C(C)C. The van der Waals surface area contributed by atoms with Crippen LogP contribution in [0.25, 0.3) is 27.1 Å². The van der Waals surface area contributed by atoms with E-state index in [0.717, 1.165) is 16.8 Å². The monoisotopic (exact) mass is 422 g/mol. The fourth-order valence-corrected chi connectivity index (χ4v) is 4.72. The summed E-state index contributed by atoms with van der Waals surface area (Å²) in [6, 6.07) is 19.5. The molecule has 3 aromatic rings. The summed E-state index contributed by atoms with van der Waals surface area (Å²) in [5.41, 5.74) is 10.3. The Bertz CT molecular complexity index is 1010. The van der Waals surface area contributed by atoms with Crippen molar-refractivity contribution in [2.45, 2.75) is 72.1 Å². The molecule has 0 saturated carbocycles. The highest BCUT2D eigenvalue weighted by Crippen LogP contribution is 2.47.